The fraction of sp³-hybridized carbons (Fsp3) is 0.167. The van der Waals surface area contributed by atoms with Gasteiger partial charge in [-0.2, -0.15) is 0 Å². The maximum atomic E-state index is 6.71. The van der Waals surface area contributed by atoms with Crippen LogP contribution in [0.15, 0.2) is 169 Å². The molecular formula is C60H50IrN6O-2. The van der Waals surface area contributed by atoms with Gasteiger partial charge in [0.15, 0.2) is 0 Å². The van der Waals surface area contributed by atoms with Crippen molar-refractivity contribution in [3.8, 4) is 34.2 Å². The Balaban J connectivity index is 0.000000178. The Kier molecular flexibility index (Phi) is 11.6. The Bertz CT molecular complexity index is 3790. The van der Waals surface area contributed by atoms with E-state index in [4.69, 9.17) is 14.4 Å². The minimum absolute atomic E-state index is 0. The van der Waals surface area contributed by atoms with Crippen LogP contribution in [-0.2, 0) is 25.5 Å². The fourth-order valence-corrected chi connectivity index (χ4v) is 9.63. The Morgan fingerprint density at radius 2 is 1.25 bits per heavy atom. The molecule has 0 fully saturated rings. The molecule has 12 aromatic rings. The summed E-state index contributed by atoms with van der Waals surface area (Å²) in [6, 6.07) is 57.1. The molecular weight excluding hydrogens is 1010 g/mol. The van der Waals surface area contributed by atoms with Crippen molar-refractivity contribution >= 4 is 65.7 Å². The standard InChI is InChI=1S/C37H29N4O.C23H21N2.Ir/c1-21(2)24-9-7-10-25(22(3)4)35(24)41-33-14-6-5-13-32(33)40-37(41)27-12-8-11-26-29-17-23-19-39-31-15-16-38-20-30(31)28(23)18-34(29)42-36(26)27;1-23(2,3)18-13-7-9-15-20(18)25-21-16-10-8-14-19(21)24-22(25)17-11-5-4-6-12-17;/h5-11,13-22H,1-4H3;4-11,13-16H,1-3H3;/q2*-1;. The first kappa shape index (κ1) is 44.6. The first-order valence-corrected chi connectivity index (χ1v) is 23.1. The Hall–Kier alpha value is -7.25. The number of imidazole rings is 2. The third-order valence-electron chi connectivity index (χ3n) is 12.8. The van der Waals surface area contributed by atoms with Gasteiger partial charge in [0, 0.05) is 66.2 Å². The van der Waals surface area contributed by atoms with Gasteiger partial charge in [0.25, 0.3) is 0 Å². The van der Waals surface area contributed by atoms with Gasteiger partial charge in [0.1, 0.15) is 5.58 Å². The number of furan rings is 1. The van der Waals surface area contributed by atoms with E-state index in [9.17, 15) is 0 Å². The summed E-state index contributed by atoms with van der Waals surface area (Å²) in [6.45, 7) is 15.8. The van der Waals surface area contributed by atoms with E-state index in [1.165, 1.54) is 28.1 Å². The maximum Gasteiger partial charge on any atom is 0.121 e. The van der Waals surface area contributed by atoms with Gasteiger partial charge in [0.05, 0.1) is 44.8 Å². The molecule has 0 saturated heterocycles. The molecule has 0 unspecified atom stereocenters. The van der Waals surface area contributed by atoms with Crippen molar-refractivity contribution < 1.29 is 24.5 Å². The zero-order valence-electron chi connectivity index (χ0n) is 39.2. The molecule has 1 radical (unpaired) electrons. The Morgan fingerprint density at radius 1 is 0.574 bits per heavy atom. The SMILES string of the molecule is CC(C)(C)c1ccccc1-n1c(-c2[c-]cccc2)nc2ccccc21.CC(C)c1cccc(C(C)C)c1-n1c(-c2[c-]ccc3c2oc2cc4c(cnc5ccncc54)cc23)nc2ccccc21.[Ir]. The second kappa shape index (κ2) is 17.8. The summed E-state index contributed by atoms with van der Waals surface area (Å²) in [5, 5.41) is 5.22. The van der Waals surface area contributed by atoms with E-state index < -0.39 is 0 Å². The molecule has 5 heterocycles. The van der Waals surface area contributed by atoms with Gasteiger partial charge < -0.3 is 13.6 Å². The van der Waals surface area contributed by atoms with E-state index in [-0.39, 0.29) is 25.5 Å². The van der Waals surface area contributed by atoms with Crippen LogP contribution in [0, 0.1) is 12.1 Å². The van der Waals surface area contributed by atoms with Crippen LogP contribution in [0.3, 0.4) is 0 Å². The number of pyridine rings is 2. The van der Waals surface area contributed by atoms with Gasteiger partial charge in [-0.15, -0.1) is 54.1 Å². The molecule has 68 heavy (non-hydrogen) atoms. The molecule has 0 bridgehead atoms. The Morgan fingerprint density at radius 3 is 1.96 bits per heavy atom. The normalized spacial score (nSPS) is 11.9. The molecule has 0 spiro atoms. The number of para-hydroxylation sites is 6. The molecule has 7 aromatic carbocycles. The van der Waals surface area contributed by atoms with Gasteiger partial charge in [-0.1, -0.05) is 120 Å². The zero-order valence-corrected chi connectivity index (χ0v) is 41.6. The number of benzene rings is 7. The van der Waals surface area contributed by atoms with Gasteiger partial charge >= 0.3 is 0 Å². The van der Waals surface area contributed by atoms with E-state index in [1.54, 1.807) is 6.20 Å². The van der Waals surface area contributed by atoms with Gasteiger partial charge in [-0.3, -0.25) is 19.9 Å². The minimum Gasteiger partial charge on any atom is -0.501 e. The van der Waals surface area contributed by atoms with Crippen molar-refractivity contribution in [3.05, 3.63) is 193 Å². The smallest absolute Gasteiger partial charge is 0.121 e. The number of hydrogen-bond acceptors (Lipinski definition) is 5. The second-order valence-corrected chi connectivity index (χ2v) is 18.9. The summed E-state index contributed by atoms with van der Waals surface area (Å²) >= 11 is 0. The number of nitrogens with zero attached hydrogens (tertiary/aromatic N) is 6. The van der Waals surface area contributed by atoms with Crippen LogP contribution in [0.1, 0.15) is 77.0 Å². The largest absolute Gasteiger partial charge is 0.501 e. The number of rotatable bonds is 6. The van der Waals surface area contributed by atoms with Gasteiger partial charge in [0.2, 0.25) is 0 Å². The summed E-state index contributed by atoms with van der Waals surface area (Å²) in [6.07, 6.45) is 5.58. The van der Waals surface area contributed by atoms with Crippen molar-refractivity contribution in [1.82, 2.24) is 29.1 Å². The first-order chi connectivity index (χ1) is 32.5. The average molecular weight is 1060 g/mol. The van der Waals surface area contributed by atoms with Crippen LogP contribution in [0.2, 0.25) is 0 Å². The topological polar surface area (TPSA) is 74.6 Å². The van der Waals surface area contributed by atoms with Crippen LogP contribution in [-0.4, -0.2) is 29.1 Å². The number of fused-ring (bicyclic) bond motifs is 8. The van der Waals surface area contributed by atoms with Crippen molar-refractivity contribution in [3.63, 3.8) is 0 Å². The fourth-order valence-electron chi connectivity index (χ4n) is 9.63. The molecule has 0 atom stereocenters. The second-order valence-electron chi connectivity index (χ2n) is 18.9. The maximum absolute atomic E-state index is 6.71. The van der Waals surface area contributed by atoms with Crippen LogP contribution in [0.4, 0.5) is 0 Å². The molecule has 5 aromatic heterocycles. The van der Waals surface area contributed by atoms with Crippen LogP contribution in [0.5, 0.6) is 0 Å². The average Bonchev–Trinajstić information content (AvgIpc) is 4.05. The van der Waals surface area contributed by atoms with Crippen LogP contribution in [0.25, 0.3) is 99.8 Å². The molecule has 7 nitrogen and oxygen atoms in total. The Labute approximate surface area is 409 Å². The molecule has 0 aliphatic rings. The minimum atomic E-state index is 0. The molecule has 0 N–H and O–H groups in total. The number of hydrogen-bond donors (Lipinski definition) is 0. The van der Waals surface area contributed by atoms with Crippen LogP contribution >= 0.6 is 0 Å². The van der Waals surface area contributed by atoms with E-state index >= 15 is 0 Å². The summed E-state index contributed by atoms with van der Waals surface area (Å²) in [5.41, 5.74) is 14.8. The van der Waals surface area contributed by atoms with E-state index in [0.717, 1.165) is 88.5 Å². The molecule has 0 saturated carbocycles. The summed E-state index contributed by atoms with van der Waals surface area (Å²) in [4.78, 5) is 19.2. The predicted molar refractivity (Wildman–Crippen MR) is 275 cm³/mol. The summed E-state index contributed by atoms with van der Waals surface area (Å²) < 4.78 is 11.3. The summed E-state index contributed by atoms with van der Waals surface area (Å²) in [5.74, 6) is 2.43. The van der Waals surface area contributed by atoms with Gasteiger partial charge in [-0.05, 0) is 87.9 Å². The molecule has 12 rings (SSSR count). The summed E-state index contributed by atoms with van der Waals surface area (Å²) in [7, 11) is 0. The van der Waals surface area contributed by atoms with Crippen molar-refractivity contribution in [1.29, 1.82) is 0 Å². The van der Waals surface area contributed by atoms with Crippen molar-refractivity contribution in [2.45, 2.75) is 65.7 Å². The van der Waals surface area contributed by atoms with Crippen molar-refractivity contribution in [2.24, 2.45) is 0 Å². The molecule has 0 aliphatic carbocycles. The molecule has 337 valence electrons. The third kappa shape index (κ3) is 7.68. The number of aromatic nitrogens is 6. The zero-order chi connectivity index (χ0) is 46.0. The van der Waals surface area contributed by atoms with E-state index in [1.807, 2.05) is 54.9 Å². The van der Waals surface area contributed by atoms with E-state index in [0.29, 0.717) is 11.8 Å². The van der Waals surface area contributed by atoms with Crippen molar-refractivity contribution in [2.75, 3.05) is 0 Å². The molecule has 8 heteroatoms. The molecule has 0 amide bonds. The molecule has 0 aliphatic heterocycles. The van der Waals surface area contributed by atoms with E-state index in [2.05, 4.69) is 183 Å². The quantitative estimate of drug-likeness (QED) is 0.123. The predicted octanol–water partition coefficient (Wildman–Crippen LogP) is 15.5. The van der Waals surface area contributed by atoms with Crippen LogP contribution < -0.4 is 0 Å². The first-order valence-electron chi connectivity index (χ1n) is 23.1. The van der Waals surface area contributed by atoms with Gasteiger partial charge in [-0.25, -0.2) is 0 Å². The third-order valence-corrected chi connectivity index (χ3v) is 12.8. The monoisotopic (exact) mass is 1060 g/mol.